The highest BCUT2D eigenvalue weighted by Crippen LogP contribution is 2.27. The van der Waals surface area contributed by atoms with Gasteiger partial charge in [-0.3, -0.25) is 9.90 Å². The molecule has 2 N–H and O–H groups in total. The van der Waals surface area contributed by atoms with Gasteiger partial charge in [-0.2, -0.15) is 0 Å². The first kappa shape index (κ1) is 8.76. The predicted molar refractivity (Wildman–Crippen MR) is 51.6 cm³/mol. The van der Waals surface area contributed by atoms with Crippen LogP contribution in [0, 0.1) is 0 Å². The van der Waals surface area contributed by atoms with Crippen molar-refractivity contribution in [3.63, 3.8) is 0 Å². The summed E-state index contributed by atoms with van der Waals surface area (Å²) in [5.41, 5.74) is 8.13. The van der Waals surface area contributed by atoms with Gasteiger partial charge in [-0.05, 0) is 22.4 Å². The third kappa shape index (κ3) is 1.16. The smallest absolute Gasteiger partial charge is 0.162 e. The first-order chi connectivity index (χ1) is 6.74. The van der Waals surface area contributed by atoms with Crippen LogP contribution < -0.4 is 10.8 Å². The lowest BCUT2D eigenvalue weighted by molar-refractivity contribution is 0.185. The molecule has 0 saturated carbocycles. The molecular formula is C8H10N4O2. The fourth-order valence-corrected chi connectivity index (χ4v) is 1.23. The molecule has 74 valence electrons. The number of hydrogen-bond acceptors (Lipinski definition) is 6. The van der Waals surface area contributed by atoms with Crippen molar-refractivity contribution in [1.29, 1.82) is 0 Å². The molecule has 0 bridgehead atoms. The topological polar surface area (TPSA) is 77.4 Å². The van der Waals surface area contributed by atoms with Crippen LogP contribution in [0.1, 0.15) is 0 Å². The number of hydroxylamine groups is 1. The second kappa shape index (κ2) is 3.15. The Balaban J connectivity index is 2.66. The van der Waals surface area contributed by atoms with Crippen LogP contribution in [0.4, 0.5) is 11.4 Å². The van der Waals surface area contributed by atoms with Gasteiger partial charge in [-0.15, -0.1) is 0 Å². The maximum atomic E-state index is 5.69. The summed E-state index contributed by atoms with van der Waals surface area (Å²) in [6.45, 7) is 0. The first-order valence-corrected chi connectivity index (χ1v) is 4.02. The van der Waals surface area contributed by atoms with Gasteiger partial charge in [0.2, 0.25) is 0 Å². The molecule has 2 aromatic rings. The Morgan fingerprint density at radius 2 is 2.07 bits per heavy atom. The summed E-state index contributed by atoms with van der Waals surface area (Å²) < 4.78 is 4.62. The van der Waals surface area contributed by atoms with Gasteiger partial charge in [0.25, 0.3) is 0 Å². The lowest BCUT2D eigenvalue weighted by Gasteiger charge is -2.15. The number of nitrogens with two attached hydrogens (primary N) is 1. The van der Waals surface area contributed by atoms with Crippen LogP contribution in [-0.2, 0) is 4.84 Å². The van der Waals surface area contributed by atoms with E-state index < -0.39 is 0 Å². The summed E-state index contributed by atoms with van der Waals surface area (Å²) in [6, 6.07) is 3.53. The van der Waals surface area contributed by atoms with Crippen LogP contribution in [-0.4, -0.2) is 24.5 Å². The molecule has 0 atom stereocenters. The van der Waals surface area contributed by atoms with Crippen LogP contribution in [0.5, 0.6) is 0 Å². The third-order valence-corrected chi connectivity index (χ3v) is 2.04. The second-order valence-electron chi connectivity index (χ2n) is 2.82. The molecule has 2 rings (SSSR count). The first-order valence-electron chi connectivity index (χ1n) is 4.02. The molecule has 1 aromatic carbocycles. The largest absolute Gasteiger partial charge is 0.397 e. The molecule has 6 heteroatoms. The van der Waals surface area contributed by atoms with E-state index in [2.05, 4.69) is 14.9 Å². The monoisotopic (exact) mass is 194 g/mol. The summed E-state index contributed by atoms with van der Waals surface area (Å²) in [7, 11) is 3.33. The number of nitrogen functional groups attached to an aromatic ring is 1. The molecule has 6 nitrogen and oxygen atoms in total. The average molecular weight is 194 g/mol. The van der Waals surface area contributed by atoms with Gasteiger partial charge >= 0.3 is 0 Å². The van der Waals surface area contributed by atoms with Crippen molar-refractivity contribution in [3.8, 4) is 0 Å². The van der Waals surface area contributed by atoms with Crippen molar-refractivity contribution in [3.05, 3.63) is 12.1 Å². The van der Waals surface area contributed by atoms with E-state index in [0.717, 1.165) is 5.69 Å². The highest BCUT2D eigenvalue weighted by atomic mass is 16.7. The van der Waals surface area contributed by atoms with Gasteiger partial charge in [-0.1, -0.05) is 0 Å². The Morgan fingerprint density at radius 3 is 2.79 bits per heavy atom. The van der Waals surface area contributed by atoms with Crippen molar-refractivity contribution in [2.45, 2.75) is 0 Å². The number of nitrogens with zero attached hydrogens (tertiary/aromatic N) is 3. The summed E-state index contributed by atoms with van der Waals surface area (Å²) in [6.07, 6.45) is 0. The van der Waals surface area contributed by atoms with Crippen LogP contribution in [0.2, 0.25) is 0 Å². The number of fused-ring (bicyclic) bond motifs is 1. The average Bonchev–Trinajstić information content (AvgIpc) is 2.67. The standard InChI is InChI=1S/C8H10N4O2/c1-12(13-2)6-4-3-5(9)7-8(6)11-14-10-7/h3-4H,9H2,1-2H3. The third-order valence-electron chi connectivity index (χ3n) is 2.04. The van der Waals surface area contributed by atoms with E-state index in [1.165, 1.54) is 0 Å². The maximum absolute atomic E-state index is 5.69. The highest BCUT2D eigenvalue weighted by molar-refractivity contribution is 5.94. The lowest BCUT2D eigenvalue weighted by Crippen LogP contribution is -2.15. The Bertz CT molecular complexity index is 454. The normalized spacial score (nSPS) is 10.7. The van der Waals surface area contributed by atoms with E-state index in [1.54, 1.807) is 31.4 Å². The second-order valence-corrected chi connectivity index (χ2v) is 2.82. The maximum Gasteiger partial charge on any atom is 0.162 e. The highest BCUT2D eigenvalue weighted by Gasteiger charge is 2.12. The van der Waals surface area contributed by atoms with Gasteiger partial charge in [0.1, 0.15) is 0 Å². The molecule has 0 aliphatic rings. The van der Waals surface area contributed by atoms with Gasteiger partial charge in [-0.25, -0.2) is 4.63 Å². The fourth-order valence-electron chi connectivity index (χ4n) is 1.23. The van der Waals surface area contributed by atoms with Gasteiger partial charge in [0.05, 0.1) is 18.5 Å². The molecule has 1 heterocycles. The van der Waals surface area contributed by atoms with Crippen molar-refractivity contribution >= 4 is 22.4 Å². The molecule has 0 aliphatic carbocycles. The molecular weight excluding hydrogens is 184 g/mol. The van der Waals surface area contributed by atoms with Crippen LogP contribution >= 0.6 is 0 Å². The minimum atomic E-state index is 0.537. The molecule has 0 unspecified atom stereocenters. The summed E-state index contributed by atoms with van der Waals surface area (Å²) in [4.78, 5) is 5.04. The SMILES string of the molecule is CON(C)c1ccc(N)c2nonc12. The zero-order valence-electron chi connectivity index (χ0n) is 7.89. The van der Waals surface area contributed by atoms with Crippen molar-refractivity contribution in [2.24, 2.45) is 0 Å². The van der Waals surface area contributed by atoms with E-state index in [1.807, 2.05) is 0 Å². The molecule has 1 aromatic heterocycles. The Hall–Kier alpha value is -1.82. The number of rotatable bonds is 2. The Labute approximate surface area is 80.1 Å². The Morgan fingerprint density at radius 1 is 1.36 bits per heavy atom. The van der Waals surface area contributed by atoms with E-state index in [0.29, 0.717) is 16.7 Å². The fraction of sp³-hybridized carbons (Fsp3) is 0.250. The zero-order valence-corrected chi connectivity index (χ0v) is 7.89. The number of aromatic nitrogens is 2. The van der Waals surface area contributed by atoms with E-state index in [-0.39, 0.29) is 0 Å². The number of hydrogen-bond donors (Lipinski definition) is 1. The van der Waals surface area contributed by atoms with Crippen LogP contribution in [0.15, 0.2) is 16.8 Å². The number of benzene rings is 1. The predicted octanol–water partition coefficient (Wildman–Crippen LogP) is 0.803. The van der Waals surface area contributed by atoms with Crippen LogP contribution in [0.25, 0.3) is 11.0 Å². The molecule has 0 radical (unpaired) electrons. The van der Waals surface area contributed by atoms with Gasteiger partial charge in [0, 0.05) is 7.05 Å². The molecule has 0 amide bonds. The van der Waals surface area contributed by atoms with Crippen molar-refractivity contribution in [2.75, 3.05) is 25.0 Å². The van der Waals surface area contributed by atoms with E-state index >= 15 is 0 Å². The summed E-state index contributed by atoms with van der Waals surface area (Å²) in [5, 5.41) is 9.02. The van der Waals surface area contributed by atoms with Crippen molar-refractivity contribution in [1.82, 2.24) is 10.3 Å². The quantitative estimate of drug-likeness (QED) is 0.563. The molecule has 0 aliphatic heterocycles. The minimum Gasteiger partial charge on any atom is -0.397 e. The van der Waals surface area contributed by atoms with E-state index in [9.17, 15) is 0 Å². The molecule has 0 saturated heterocycles. The van der Waals surface area contributed by atoms with E-state index in [4.69, 9.17) is 10.6 Å². The van der Waals surface area contributed by atoms with Crippen LogP contribution in [0.3, 0.4) is 0 Å². The number of anilines is 2. The molecule has 0 spiro atoms. The minimum absolute atomic E-state index is 0.537. The van der Waals surface area contributed by atoms with Gasteiger partial charge in [0.15, 0.2) is 11.0 Å². The van der Waals surface area contributed by atoms with Gasteiger partial charge < -0.3 is 5.73 Å². The molecule has 0 fully saturated rings. The summed E-state index contributed by atoms with van der Waals surface area (Å²) in [5.74, 6) is 0. The zero-order chi connectivity index (χ0) is 10.1. The Kier molecular flexibility index (Phi) is 1.97. The molecule has 14 heavy (non-hydrogen) atoms. The van der Waals surface area contributed by atoms with Crippen molar-refractivity contribution < 1.29 is 9.47 Å². The lowest BCUT2D eigenvalue weighted by atomic mass is 10.2. The summed E-state index contributed by atoms with van der Waals surface area (Å²) >= 11 is 0.